The number of fused-ring (bicyclic) bond motifs is 1. The molecule has 11 heteroatoms. The number of carbonyl (C=O) groups excluding carboxylic acids is 1. The molecule has 0 spiro atoms. The van der Waals surface area contributed by atoms with E-state index in [-0.39, 0.29) is 16.5 Å². The summed E-state index contributed by atoms with van der Waals surface area (Å²) in [6.07, 6.45) is 0. The number of piperazine rings is 1. The van der Waals surface area contributed by atoms with Gasteiger partial charge in [0.15, 0.2) is 5.13 Å². The van der Waals surface area contributed by atoms with Crippen LogP contribution in [0.4, 0.5) is 10.8 Å². The number of nitro groups is 1. The Labute approximate surface area is 183 Å². The predicted molar refractivity (Wildman–Crippen MR) is 119 cm³/mol. The van der Waals surface area contributed by atoms with Gasteiger partial charge in [-0.25, -0.2) is 4.98 Å². The van der Waals surface area contributed by atoms with Crippen molar-refractivity contribution in [2.75, 3.05) is 44.2 Å². The maximum atomic E-state index is 12.1. The number of carbonyl (C=O) groups is 1. The molecule has 4 rings (SSSR count). The summed E-state index contributed by atoms with van der Waals surface area (Å²) < 4.78 is 1.78. The smallest absolute Gasteiger partial charge is 0.270 e. The molecule has 1 aromatic carbocycles. The first kappa shape index (κ1) is 20.2. The number of nitro benzene ring substituents is 1. The number of nitrogens with zero attached hydrogens (tertiary/aromatic N) is 4. The van der Waals surface area contributed by atoms with Crippen LogP contribution in [0.3, 0.4) is 0 Å². The minimum absolute atomic E-state index is 0.0390. The van der Waals surface area contributed by atoms with E-state index in [0.29, 0.717) is 11.4 Å². The molecule has 2 aromatic heterocycles. The van der Waals surface area contributed by atoms with Crippen molar-refractivity contribution >= 4 is 65.5 Å². The lowest BCUT2D eigenvalue weighted by atomic mass is 10.3. The Hall–Kier alpha value is -2.08. The van der Waals surface area contributed by atoms with Crippen molar-refractivity contribution in [1.29, 1.82) is 0 Å². The zero-order chi connectivity index (χ0) is 20.4. The maximum absolute atomic E-state index is 12.1. The van der Waals surface area contributed by atoms with Gasteiger partial charge >= 0.3 is 0 Å². The average Bonchev–Trinajstić information content (AvgIpc) is 3.34. The van der Waals surface area contributed by atoms with Gasteiger partial charge in [-0.3, -0.25) is 19.8 Å². The first-order valence-electron chi connectivity index (χ1n) is 9.05. The van der Waals surface area contributed by atoms with Crippen LogP contribution in [0.25, 0.3) is 10.2 Å². The monoisotopic (exact) mass is 495 g/mol. The summed E-state index contributed by atoms with van der Waals surface area (Å²) in [5.74, 6) is -0.0390. The molecular formula is C18H18BrN5O3S2. The van der Waals surface area contributed by atoms with E-state index < -0.39 is 0 Å². The Bertz CT molecular complexity index is 1050. The van der Waals surface area contributed by atoms with Gasteiger partial charge in [0.25, 0.3) is 11.6 Å². The molecule has 0 aliphatic carbocycles. The Morgan fingerprint density at radius 1 is 1.21 bits per heavy atom. The van der Waals surface area contributed by atoms with E-state index in [2.05, 4.69) is 36.0 Å². The second-order valence-electron chi connectivity index (χ2n) is 6.59. The Morgan fingerprint density at radius 3 is 2.69 bits per heavy atom. The number of hydrogen-bond acceptors (Lipinski definition) is 8. The lowest BCUT2D eigenvalue weighted by Crippen LogP contribution is -2.48. The minimum atomic E-state index is -0.381. The molecule has 0 bridgehead atoms. The van der Waals surface area contributed by atoms with Crippen LogP contribution in [0.15, 0.2) is 34.1 Å². The summed E-state index contributed by atoms with van der Waals surface area (Å²) in [6.45, 7) is 4.87. The molecule has 3 heterocycles. The number of anilines is 1. The van der Waals surface area contributed by atoms with Crippen LogP contribution in [0.1, 0.15) is 9.67 Å². The van der Waals surface area contributed by atoms with Gasteiger partial charge in [-0.1, -0.05) is 11.3 Å². The number of non-ortho nitro benzene ring substituents is 1. The van der Waals surface area contributed by atoms with Gasteiger partial charge in [0, 0.05) is 51.4 Å². The van der Waals surface area contributed by atoms with Crippen molar-refractivity contribution in [1.82, 2.24) is 15.2 Å². The molecule has 1 aliphatic heterocycles. The number of amides is 1. The van der Waals surface area contributed by atoms with Gasteiger partial charge in [-0.15, -0.1) is 11.3 Å². The van der Waals surface area contributed by atoms with Crippen molar-refractivity contribution < 1.29 is 9.72 Å². The summed E-state index contributed by atoms with van der Waals surface area (Å²) in [5.41, 5.74) is 0.885. The SMILES string of the molecule is O=C(NCCN1CCN(c2nc3ccc([N+](=O)[O-])cc3s2)CC1)c1ccc(Br)s1. The molecule has 1 fully saturated rings. The van der Waals surface area contributed by atoms with Crippen LogP contribution in [-0.2, 0) is 0 Å². The van der Waals surface area contributed by atoms with E-state index >= 15 is 0 Å². The second-order valence-corrected chi connectivity index (χ2v) is 10.1. The molecule has 0 radical (unpaired) electrons. The summed E-state index contributed by atoms with van der Waals surface area (Å²) in [5, 5.41) is 14.8. The number of thiazole rings is 1. The van der Waals surface area contributed by atoms with Crippen molar-refractivity contribution in [2.45, 2.75) is 0 Å². The molecule has 3 aromatic rings. The fourth-order valence-electron chi connectivity index (χ4n) is 3.16. The van der Waals surface area contributed by atoms with Crippen molar-refractivity contribution in [2.24, 2.45) is 0 Å². The van der Waals surface area contributed by atoms with Gasteiger partial charge in [-0.05, 0) is 34.1 Å². The lowest BCUT2D eigenvalue weighted by Gasteiger charge is -2.34. The zero-order valence-corrected chi connectivity index (χ0v) is 18.6. The summed E-state index contributed by atoms with van der Waals surface area (Å²) in [4.78, 5) is 32.5. The normalized spacial score (nSPS) is 15.0. The van der Waals surface area contributed by atoms with E-state index in [1.807, 2.05) is 12.1 Å². The number of thiophene rings is 1. The molecule has 0 unspecified atom stereocenters. The Kier molecular flexibility index (Phi) is 6.09. The van der Waals surface area contributed by atoms with Gasteiger partial charge in [-0.2, -0.15) is 0 Å². The molecule has 1 aliphatic rings. The summed E-state index contributed by atoms with van der Waals surface area (Å²) in [6, 6.07) is 8.47. The molecule has 0 saturated carbocycles. The molecular weight excluding hydrogens is 478 g/mol. The topological polar surface area (TPSA) is 91.6 Å². The lowest BCUT2D eigenvalue weighted by molar-refractivity contribution is -0.384. The summed E-state index contributed by atoms with van der Waals surface area (Å²) in [7, 11) is 0. The molecule has 1 saturated heterocycles. The highest BCUT2D eigenvalue weighted by atomic mass is 79.9. The van der Waals surface area contributed by atoms with E-state index in [9.17, 15) is 14.9 Å². The third-order valence-electron chi connectivity index (χ3n) is 4.72. The number of benzene rings is 1. The van der Waals surface area contributed by atoms with E-state index in [1.165, 1.54) is 28.7 Å². The van der Waals surface area contributed by atoms with Gasteiger partial charge in [0.05, 0.1) is 23.8 Å². The van der Waals surface area contributed by atoms with Gasteiger partial charge in [0.2, 0.25) is 0 Å². The average molecular weight is 496 g/mol. The molecule has 152 valence electrons. The zero-order valence-electron chi connectivity index (χ0n) is 15.3. The number of nitrogens with one attached hydrogen (secondary N) is 1. The molecule has 29 heavy (non-hydrogen) atoms. The predicted octanol–water partition coefficient (Wildman–Crippen LogP) is 3.58. The quantitative estimate of drug-likeness (QED) is 0.415. The van der Waals surface area contributed by atoms with Crippen molar-refractivity contribution in [3.05, 3.63) is 49.1 Å². The Morgan fingerprint density at radius 2 is 2.00 bits per heavy atom. The largest absolute Gasteiger partial charge is 0.350 e. The first-order chi connectivity index (χ1) is 14.0. The number of rotatable bonds is 6. The van der Waals surface area contributed by atoms with Gasteiger partial charge in [0.1, 0.15) is 0 Å². The third kappa shape index (κ3) is 4.74. The van der Waals surface area contributed by atoms with Crippen LogP contribution in [0.2, 0.25) is 0 Å². The van der Waals surface area contributed by atoms with Gasteiger partial charge < -0.3 is 10.2 Å². The highest BCUT2D eigenvalue weighted by molar-refractivity contribution is 9.11. The van der Waals surface area contributed by atoms with E-state index in [4.69, 9.17) is 0 Å². The van der Waals surface area contributed by atoms with Crippen LogP contribution in [0, 0.1) is 10.1 Å². The third-order valence-corrected chi connectivity index (χ3v) is 7.43. The highest BCUT2D eigenvalue weighted by Gasteiger charge is 2.20. The molecule has 0 atom stereocenters. The fraction of sp³-hybridized carbons (Fsp3) is 0.333. The van der Waals surface area contributed by atoms with Crippen LogP contribution < -0.4 is 10.2 Å². The standard InChI is InChI=1S/C18H18BrN5O3S2/c19-16-4-3-14(28-16)17(25)20-5-6-22-7-9-23(10-8-22)18-21-13-2-1-12(24(26)27)11-15(13)29-18/h1-4,11H,5-10H2,(H,20,25). The second kappa shape index (κ2) is 8.74. The first-order valence-corrected chi connectivity index (χ1v) is 11.5. The molecule has 1 N–H and O–H groups in total. The summed E-state index contributed by atoms with van der Waals surface area (Å²) >= 11 is 6.28. The molecule has 8 nitrogen and oxygen atoms in total. The van der Waals surface area contributed by atoms with Crippen molar-refractivity contribution in [3.8, 4) is 0 Å². The van der Waals surface area contributed by atoms with Crippen LogP contribution >= 0.6 is 38.6 Å². The van der Waals surface area contributed by atoms with Crippen LogP contribution in [-0.4, -0.2) is 60.0 Å². The number of aromatic nitrogens is 1. The van der Waals surface area contributed by atoms with E-state index in [0.717, 1.165) is 51.9 Å². The Balaban J connectivity index is 1.27. The highest BCUT2D eigenvalue weighted by Crippen LogP contribution is 2.31. The van der Waals surface area contributed by atoms with E-state index in [1.54, 1.807) is 12.1 Å². The fourth-order valence-corrected chi connectivity index (χ4v) is 5.52. The van der Waals surface area contributed by atoms with Crippen LogP contribution in [0.5, 0.6) is 0 Å². The number of halogens is 1. The minimum Gasteiger partial charge on any atom is -0.350 e. The maximum Gasteiger partial charge on any atom is 0.270 e. The van der Waals surface area contributed by atoms with Crippen molar-refractivity contribution in [3.63, 3.8) is 0 Å². The molecule has 1 amide bonds. The number of hydrogen-bond donors (Lipinski definition) is 1.